The van der Waals surface area contributed by atoms with Crippen LogP contribution in [0.5, 0.6) is 0 Å². The van der Waals surface area contributed by atoms with Crippen molar-refractivity contribution in [2.24, 2.45) is 0 Å². The molecular formula is C11H20N2O. The Kier molecular flexibility index (Phi) is 3.69. The molecule has 1 amide bonds. The van der Waals surface area contributed by atoms with E-state index in [1.807, 2.05) is 24.8 Å². The molecule has 1 aliphatic heterocycles. The molecule has 0 saturated carbocycles. The second-order valence-corrected chi connectivity index (χ2v) is 3.95. The lowest BCUT2D eigenvalue weighted by molar-refractivity contribution is -0.130. The molecule has 0 aliphatic carbocycles. The van der Waals surface area contributed by atoms with Gasteiger partial charge in [-0.25, -0.2) is 0 Å². The average Bonchev–Trinajstić information content (AvgIpc) is 2.20. The quantitative estimate of drug-likeness (QED) is 0.638. The van der Waals surface area contributed by atoms with Crippen LogP contribution in [0.15, 0.2) is 11.6 Å². The topological polar surface area (TPSA) is 32.3 Å². The molecule has 14 heavy (non-hydrogen) atoms. The zero-order chi connectivity index (χ0) is 10.7. The van der Waals surface area contributed by atoms with Gasteiger partial charge in [0.05, 0.1) is 0 Å². The summed E-state index contributed by atoms with van der Waals surface area (Å²) in [5.74, 6) is 0.174. The molecule has 0 aromatic rings. The van der Waals surface area contributed by atoms with E-state index in [4.69, 9.17) is 0 Å². The van der Waals surface area contributed by atoms with Crippen LogP contribution in [0.4, 0.5) is 0 Å². The van der Waals surface area contributed by atoms with Gasteiger partial charge in [-0.05, 0) is 27.7 Å². The fourth-order valence-corrected chi connectivity index (χ4v) is 1.69. The van der Waals surface area contributed by atoms with Crippen molar-refractivity contribution in [1.82, 2.24) is 10.2 Å². The third kappa shape index (κ3) is 2.15. The van der Waals surface area contributed by atoms with Crippen LogP contribution < -0.4 is 5.32 Å². The van der Waals surface area contributed by atoms with Gasteiger partial charge in [0.2, 0.25) is 5.91 Å². The van der Waals surface area contributed by atoms with E-state index < -0.39 is 0 Å². The summed E-state index contributed by atoms with van der Waals surface area (Å²) in [5, 5.41) is 3.36. The van der Waals surface area contributed by atoms with E-state index >= 15 is 0 Å². The normalized spacial score (nSPS) is 29.1. The molecule has 1 fully saturated rings. The lowest BCUT2D eigenvalue weighted by atomic mass is 10.1. The zero-order valence-corrected chi connectivity index (χ0v) is 9.50. The Labute approximate surface area is 86.2 Å². The maximum Gasteiger partial charge on any atom is 0.249 e. The molecule has 3 heteroatoms. The molecule has 2 atom stereocenters. The largest absolute Gasteiger partial charge is 0.333 e. The van der Waals surface area contributed by atoms with E-state index in [-0.39, 0.29) is 11.9 Å². The van der Waals surface area contributed by atoms with Crippen LogP contribution in [0, 0.1) is 0 Å². The van der Waals surface area contributed by atoms with Crippen molar-refractivity contribution in [3.63, 3.8) is 0 Å². The van der Waals surface area contributed by atoms with E-state index in [2.05, 4.69) is 19.2 Å². The Morgan fingerprint density at radius 1 is 1.50 bits per heavy atom. The van der Waals surface area contributed by atoms with Crippen molar-refractivity contribution in [3.8, 4) is 0 Å². The fourth-order valence-electron chi connectivity index (χ4n) is 1.69. The molecular weight excluding hydrogens is 176 g/mol. The highest BCUT2D eigenvalue weighted by Crippen LogP contribution is 2.12. The number of nitrogens with one attached hydrogen (secondary N) is 1. The molecule has 0 bridgehead atoms. The van der Waals surface area contributed by atoms with Gasteiger partial charge in [0.25, 0.3) is 0 Å². The zero-order valence-electron chi connectivity index (χ0n) is 9.50. The summed E-state index contributed by atoms with van der Waals surface area (Å²) in [4.78, 5) is 13.9. The highest BCUT2D eigenvalue weighted by Gasteiger charge is 2.28. The minimum atomic E-state index is 0.174. The third-order valence-electron chi connectivity index (χ3n) is 3.07. The molecule has 2 unspecified atom stereocenters. The number of carbonyl (C=O) groups excluding carboxylic acids is 1. The number of carbonyl (C=O) groups is 1. The molecule has 0 radical (unpaired) electrons. The van der Waals surface area contributed by atoms with Crippen LogP contribution in [0.1, 0.15) is 27.7 Å². The average molecular weight is 196 g/mol. The molecule has 1 rings (SSSR count). The maximum absolute atomic E-state index is 11.9. The first-order valence-electron chi connectivity index (χ1n) is 5.25. The molecule has 0 aromatic heterocycles. The Hall–Kier alpha value is -0.830. The lowest BCUT2D eigenvalue weighted by Gasteiger charge is -2.38. The van der Waals surface area contributed by atoms with E-state index in [0.717, 1.165) is 18.7 Å². The summed E-state index contributed by atoms with van der Waals surface area (Å²) in [5.41, 5.74) is 0.839. The van der Waals surface area contributed by atoms with E-state index in [1.54, 1.807) is 0 Å². The third-order valence-corrected chi connectivity index (χ3v) is 3.07. The summed E-state index contributed by atoms with van der Waals surface area (Å²) in [6.07, 6.45) is 1.88. The van der Waals surface area contributed by atoms with Gasteiger partial charge < -0.3 is 10.2 Å². The van der Waals surface area contributed by atoms with E-state index in [0.29, 0.717) is 6.04 Å². The molecule has 0 spiro atoms. The molecule has 1 saturated heterocycles. The summed E-state index contributed by atoms with van der Waals surface area (Å²) in [7, 11) is 0. The van der Waals surface area contributed by atoms with Gasteiger partial charge in [-0.1, -0.05) is 6.08 Å². The summed E-state index contributed by atoms with van der Waals surface area (Å²) in [6.45, 7) is 9.71. The summed E-state index contributed by atoms with van der Waals surface area (Å²) in [6, 6.07) is 0.670. The van der Waals surface area contributed by atoms with Gasteiger partial charge in [-0.3, -0.25) is 4.79 Å². The van der Waals surface area contributed by atoms with Gasteiger partial charge in [0.1, 0.15) is 0 Å². The monoisotopic (exact) mass is 196 g/mol. The van der Waals surface area contributed by atoms with Gasteiger partial charge in [-0.15, -0.1) is 0 Å². The fraction of sp³-hybridized carbons (Fsp3) is 0.727. The van der Waals surface area contributed by atoms with Crippen molar-refractivity contribution in [2.45, 2.75) is 39.8 Å². The standard InChI is InChI=1S/C11H20N2O/c1-5-8(2)11(14)13-7-6-12-9(3)10(13)4/h5,9-10,12H,6-7H2,1-4H3/b8-5-. The number of nitrogens with zero attached hydrogens (tertiary/aromatic N) is 1. The van der Waals surface area contributed by atoms with Crippen molar-refractivity contribution in [2.75, 3.05) is 13.1 Å². The smallest absolute Gasteiger partial charge is 0.249 e. The highest BCUT2D eigenvalue weighted by molar-refractivity contribution is 5.93. The molecule has 1 N–H and O–H groups in total. The minimum absolute atomic E-state index is 0.174. The first-order chi connectivity index (χ1) is 6.57. The Morgan fingerprint density at radius 2 is 2.14 bits per heavy atom. The predicted octanol–water partition coefficient (Wildman–Crippen LogP) is 1.16. The first-order valence-corrected chi connectivity index (χ1v) is 5.25. The summed E-state index contributed by atoms with van der Waals surface area (Å²) < 4.78 is 0. The van der Waals surface area contributed by atoms with Crippen molar-refractivity contribution >= 4 is 5.91 Å². The Bertz CT molecular complexity index is 248. The van der Waals surface area contributed by atoms with Gasteiger partial charge in [0.15, 0.2) is 0 Å². The Balaban J connectivity index is 2.72. The van der Waals surface area contributed by atoms with E-state index in [1.165, 1.54) is 0 Å². The van der Waals surface area contributed by atoms with Crippen LogP contribution in [0.25, 0.3) is 0 Å². The van der Waals surface area contributed by atoms with E-state index in [9.17, 15) is 4.79 Å². The van der Waals surface area contributed by atoms with Gasteiger partial charge in [0, 0.05) is 30.7 Å². The SMILES string of the molecule is C/C=C(/C)C(=O)N1CCNC(C)C1C. The molecule has 3 nitrogen and oxygen atoms in total. The van der Waals surface area contributed by atoms with Crippen LogP contribution in [0.3, 0.4) is 0 Å². The molecule has 0 aromatic carbocycles. The molecule has 80 valence electrons. The van der Waals surface area contributed by atoms with Gasteiger partial charge in [-0.2, -0.15) is 0 Å². The van der Waals surface area contributed by atoms with Crippen LogP contribution in [0.2, 0.25) is 0 Å². The maximum atomic E-state index is 11.9. The Morgan fingerprint density at radius 3 is 2.71 bits per heavy atom. The second-order valence-electron chi connectivity index (χ2n) is 3.95. The number of piperazine rings is 1. The second kappa shape index (κ2) is 4.60. The van der Waals surface area contributed by atoms with Crippen molar-refractivity contribution in [3.05, 3.63) is 11.6 Å². The molecule has 1 heterocycles. The number of allylic oxidation sites excluding steroid dienone is 1. The predicted molar refractivity (Wildman–Crippen MR) is 58.1 cm³/mol. The van der Waals surface area contributed by atoms with Crippen LogP contribution in [-0.4, -0.2) is 36.0 Å². The van der Waals surface area contributed by atoms with Crippen molar-refractivity contribution in [1.29, 1.82) is 0 Å². The number of amides is 1. The van der Waals surface area contributed by atoms with Crippen LogP contribution in [-0.2, 0) is 4.79 Å². The highest BCUT2D eigenvalue weighted by atomic mass is 16.2. The van der Waals surface area contributed by atoms with Crippen molar-refractivity contribution < 1.29 is 4.79 Å². The number of hydrogen-bond donors (Lipinski definition) is 1. The summed E-state index contributed by atoms with van der Waals surface area (Å²) >= 11 is 0. The molecule has 1 aliphatic rings. The number of hydrogen-bond acceptors (Lipinski definition) is 2. The van der Waals surface area contributed by atoms with Gasteiger partial charge >= 0.3 is 0 Å². The first kappa shape index (κ1) is 11.2. The number of rotatable bonds is 1. The van der Waals surface area contributed by atoms with Crippen LogP contribution >= 0.6 is 0 Å². The lowest BCUT2D eigenvalue weighted by Crippen LogP contribution is -2.57. The minimum Gasteiger partial charge on any atom is -0.333 e.